The Labute approximate surface area is 276 Å². The summed E-state index contributed by atoms with van der Waals surface area (Å²) in [4.78, 5) is 40.6. The van der Waals surface area contributed by atoms with Crippen LogP contribution in [0.3, 0.4) is 0 Å². The van der Waals surface area contributed by atoms with E-state index >= 15 is 0 Å². The molecule has 2 aliphatic heterocycles. The lowest BCUT2D eigenvalue weighted by Gasteiger charge is -2.36. The fourth-order valence-corrected chi connectivity index (χ4v) is 8.41. The van der Waals surface area contributed by atoms with Crippen molar-refractivity contribution in [1.29, 1.82) is 0 Å². The molecule has 13 nitrogen and oxygen atoms in total. The summed E-state index contributed by atoms with van der Waals surface area (Å²) in [5, 5.41) is 6.00. The van der Waals surface area contributed by atoms with Gasteiger partial charge in [-0.15, -0.1) is 0 Å². The molecule has 0 spiro atoms. The number of aryl methyl sites for hydroxylation is 1. The van der Waals surface area contributed by atoms with Crippen molar-refractivity contribution in [3.05, 3.63) is 45.6 Å². The summed E-state index contributed by atoms with van der Waals surface area (Å²) < 4.78 is 46.5. The molecule has 2 aromatic rings. The molecule has 2 aromatic carbocycles. The minimum absolute atomic E-state index is 0.136. The van der Waals surface area contributed by atoms with Crippen molar-refractivity contribution in [2.24, 2.45) is 0 Å². The van der Waals surface area contributed by atoms with Crippen LogP contribution in [0.1, 0.15) is 56.2 Å². The van der Waals surface area contributed by atoms with Crippen molar-refractivity contribution in [1.82, 2.24) is 18.8 Å². The van der Waals surface area contributed by atoms with E-state index in [0.717, 1.165) is 36.8 Å². The van der Waals surface area contributed by atoms with Crippen molar-refractivity contribution in [2.75, 3.05) is 72.5 Å². The standard InChI is InChI=1S/C33H45N5O8S/c1-22(39)35-26-11-9-23-19-29(44-2)32(45-3)33(46-4)31(23)24-10-12-27(28(40)20-25(24)26)34-21-30(41)36-15-17-38(18-16-36)47(42,43)37-13-7-5-6-8-14-37/h10,12,19-20,26H,5-9,11,13-18,21H2,1-4H3,(H,34,40)(H,35,39)/t26-/m1/s1. The second-order valence-electron chi connectivity index (χ2n) is 12.1. The number of nitrogens with one attached hydrogen (secondary N) is 2. The molecule has 14 heteroatoms. The Balaban J connectivity index is 1.37. The number of carbonyl (C=O) groups excluding carboxylic acids is 2. The van der Waals surface area contributed by atoms with Gasteiger partial charge in [0.25, 0.3) is 10.2 Å². The molecule has 0 radical (unpaired) electrons. The van der Waals surface area contributed by atoms with Crippen LogP contribution < -0.4 is 30.3 Å². The van der Waals surface area contributed by atoms with Crippen LogP contribution in [0.5, 0.6) is 17.2 Å². The van der Waals surface area contributed by atoms with Crippen LogP contribution in [0.2, 0.25) is 0 Å². The maximum absolute atomic E-state index is 13.6. The van der Waals surface area contributed by atoms with Crippen molar-refractivity contribution in [3.8, 4) is 28.4 Å². The van der Waals surface area contributed by atoms with E-state index in [1.54, 1.807) is 28.4 Å². The summed E-state index contributed by atoms with van der Waals surface area (Å²) >= 11 is 0. The Morgan fingerprint density at radius 1 is 0.872 bits per heavy atom. The molecular formula is C33H45N5O8S. The molecule has 47 heavy (non-hydrogen) atoms. The predicted octanol–water partition coefficient (Wildman–Crippen LogP) is 2.54. The largest absolute Gasteiger partial charge is 0.493 e. The predicted molar refractivity (Wildman–Crippen MR) is 178 cm³/mol. The van der Waals surface area contributed by atoms with Crippen LogP contribution in [-0.4, -0.2) is 101 Å². The lowest BCUT2D eigenvalue weighted by Crippen LogP contribution is -2.55. The minimum Gasteiger partial charge on any atom is -0.493 e. The van der Waals surface area contributed by atoms with E-state index < -0.39 is 16.3 Å². The van der Waals surface area contributed by atoms with E-state index in [9.17, 15) is 22.8 Å². The molecule has 2 fully saturated rings. The van der Waals surface area contributed by atoms with E-state index in [1.807, 2.05) is 6.07 Å². The molecule has 256 valence electrons. The van der Waals surface area contributed by atoms with Crippen LogP contribution in [-0.2, 0) is 26.2 Å². The van der Waals surface area contributed by atoms with Crippen LogP contribution in [0, 0.1) is 0 Å². The fourth-order valence-electron chi connectivity index (χ4n) is 6.74. The van der Waals surface area contributed by atoms with Gasteiger partial charge in [-0.1, -0.05) is 18.9 Å². The van der Waals surface area contributed by atoms with Gasteiger partial charge >= 0.3 is 0 Å². The maximum Gasteiger partial charge on any atom is 0.282 e. The van der Waals surface area contributed by atoms with Gasteiger partial charge in [-0.25, -0.2) is 0 Å². The normalized spacial score (nSPS) is 19.0. The van der Waals surface area contributed by atoms with E-state index in [4.69, 9.17) is 14.2 Å². The Kier molecular flexibility index (Phi) is 10.9. The number of hydrogen-bond donors (Lipinski definition) is 2. The van der Waals surface area contributed by atoms with Gasteiger partial charge in [0.05, 0.1) is 39.6 Å². The van der Waals surface area contributed by atoms with Gasteiger partial charge < -0.3 is 29.7 Å². The zero-order valence-corrected chi connectivity index (χ0v) is 28.4. The quantitative estimate of drug-likeness (QED) is 0.411. The maximum atomic E-state index is 13.6. The monoisotopic (exact) mass is 671 g/mol. The highest BCUT2D eigenvalue weighted by molar-refractivity contribution is 7.86. The van der Waals surface area contributed by atoms with Gasteiger partial charge in [0, 0.05) is 51.8 Å². The second-order valence-corrected chi connectivity index (χ2v) is 14.0. The molecule has 2 amide bonds. The van der Waals surface area contributed by atoms with Crippen LogP contribution in [0.25, 0.3) is 11.1 Å². The molecule has 2 N–H and O–H groups in total. The van der Waals surface area contributed by atoms with Gasteiger partial charge in [-0.3, -0.25) is 14.4 Å². The third kappa shape index (κ3) is 7.34. The first-order valence-electron chi connectivity index (χ1n) is 16.1. The summed E-state index contributed by atoms with van der Waals surface area (Å²) in [5.41, 5.74) is 2.83. The van der Waals surface area contributed by atoms with Gasteiger partial charge in [0.2, 0.25) is 23.0 Å². The van der Waals surface area contributed by atoms with Crippen molar-refractivity contribution < 1.29 is 32.2 Å². The Bertz CT molecular complexity index is 1650. The summed E-state index contributed by atoms with van der Waals surface area (Å²) in [6.45, 7) is 3.37. The van der Waals surface area contributed by atoms with Gasteiger partial charge in [-0.2, -0.15) is 17.0 Å². The number of nitrogens with zero attached hydrogens (tertiary/aromatic N) is 3. The zero-order valence-electron chi connectivity index (χ0n) is 27.6. The topological polar surface area (TPSA) is 147 Å². The molecule has 5 rings (SSSR count). The fraction of sp³-hybridized carbons (Fsp3) is 0.545. The number of ether oxygens (including phenoxy) is 3. The number of rotatable bonds is 9. The smallest absolute Gasteiger partial charge is 0.282 e. The Morgan fingerprint density at radius 3 is 2.15 bits per heavy atom. The lowest BCUT2D eigenvalue weighted by atomic mass is 9.95. The van der Waals surface area contributed by atoms with E-state index in [0.29, 0.717) is 54.3 Å². The highest BCUT2D eigenvalue weighted by Gasteiger charge is 2.34. The molecular weight excluding hydrogens is 626 g/mol. The molecule has 1 atom stereocenters. The van der Waals surface area contributed by atoms with Crippen LogP contribution >= 0.6 is 0 Å². The minimum atomic E-state index is -3.56. The van der Waals surface area contributed by atoms with Gasteiger partial charge in [0.1, 0.15) is 0 Å². The molecule has 1 aliphatic carbocycles. The van der Waals surface area contributed by atoms with Crippen LogP contribution in [0.4, 0.5) is 5.69 Å². The molecule has 0 aromatic heterocycles. The number of anilines is 1. The van der Waals surface area contributed by atoms with E-state index in [2.05, 4.69) is 10.6 Å². The first-order chi connectivity index (χ1) is 22.6. The number of hydrogen-bond acceptors (Lipinski definition) is 9. The third-order valence-corrected chi connectivity index (χ3v) is 11.2. The van der Waals surface area contributed by atoms with Crippen molar-refractivity contribution in [2.45, 2.75) is 51.5 Å². The summed E-state index contributed by atoms with van der Waals surface area (Å²) in [5.74, 6) is 0.913. The van der Waals surface area contributed by atoms with E-state index in [1.165, 1.54) is 31.5 Å². The highest BCUT2D eigenvalue weighted by atomic mass is 32.2. The van der Waals surface area contributed by atoms with Gasteiger partial charge in [-0.05, 0) is 60.6 Å². The van der Waals surface area contributed by atoms with Gasteiger partial charge in [0.15, 0.2) is 11.5 Å². The summed E-state index contributed by atoms with van der Waals surface area (Å²) in [6, 6.07) is 6.37. The number of amides is 2. The Hall–Kier alpha value is -3.88. The zero-order chi connectivity index (χ0) is 33.7. The Morgan fingerprint density at radius 2 is 1.53 bits per heavy atom. The lowest BCUT2D eigenvalue weighted by molar-refractivity contribution is -0.130. The molecule has 0 bridgehead atoms. The molecule has 3 aliphatic rings. The SMILES string of the molecule is COc1cc2c(c(OC)c1OC)-c1ccc(NCC(=O)N3CCN(S(=O)(=O)N4CCCCCC4)CC3)c(=O)cc1[C@H](NC(C)=O)CC2. The van der Waals surface area contributed by atoms with Crippen molar-refractivity contribution >= 4 is 27.7 Å². The number of fused-ring (bicyclic) bond motifs is 3. The number of benzene rings is 1. The number of methoxy groups -OCH3 is 3. The van der Waals surface area contributed by atoms with Crippen LogP contribution in [0.15, 0.2) is 29.1 Å². The average Bonchev–Trinajstić information content (AvgIpc) is 3.49. The second kappa shape index (κ2) is 14.9. The highest BCUT2D eigenvalue weighted by Crippen LogP contribution is 2.50. The van der Waals surface area contributed by atoms with Crippen molar-refractivity contribution in [3.63, 3.8) is 0 Å². The first kappa shape index (κ1) is 34.5. The first-order valence-corrected chi connectivity index (χ1v) is 17.5. The third-order valence-electron chi connectivity index (χ3n) is 9.16. The molecule has 0 saturated carbocycles. The summed E-state index contributed by atoms with van der Waals surface area (Å²) in [6.07, 6.45) is 4.91. The molecule has 2 saturated heterocycles. The number of piperazine rings is 1. The average molecular weight is 672 g/mol. The molecule has 0 unspecified atom stereocenters. The van der Waals surface area contributed by atoms with E-state index in [-0.39, 0.29) is 55.7 Å². The molecule has 2 heterocycles. The number of carbonyl (C=O) groups is 2. The summed E-state index contributed by atoms with van der Waals surface area (Å²) in [7, 11) is 1.06.